The number of esters is 2. The molecule has 6 fully saturated rings. The van der Waals surface area contributed by atoms with Crippen LogP contribution in [-0.4, -0.2) is 144 Å². The summed E-state index contributed by atoms with van der Waals surface area (Å²) in [5.41, 5.74) is 3.59. The van der Waals surface area contributed by atoms with Gasteiger partial charge >= 0.3 is 11.9 Å². The largest absolute Gasteiger partial charge is 0.462 e. The van der Waals surface area contributed by atoms with E-state index in [4.69, 9.17) is 46.7 Å². The number of aliphatic hydroxyl groups is 1. The van der Waals surface area contributed by atoms with E-state index in [-0.39, 0.29) is 105 Å². The number of benzene rings is 5. The van der Waals surface area contributed by atoms with Crippen LogP contribution >= 0.6 is 0 Å². The van der Waals surface area contributed by atoms with Crippen molar-refractivity contribution in [3.63, 3.8) is 0 Å². The number of ketones is 1. The average molecular weight is 1400 g/mol. The first kappa shape index (κ1) is 74.0. The molecule has 12 rings (SSSR count). The highest BCUT2D eigenvalue weighted by molar-refractivity contribution is 7.00. The summed E-state index contributed by atoms with van der Waals surface area (Å²) >= 11 is 0. The van der Waals surface area contributed by atoms with Gasteiger partial charge in [-0.15, -0.1) is 0 Å². The fraction of sp³-hybridized carbons (Fsp3) is 0.560. The zero-order valence-electron chi connectivity index (χ0n) is 61.0. The third-order valence-electron chi connectivity index (χ3n) is 23.2. The van der Waals surface area contributed by atoms with Gasteiger partial charge in [-0.05, 0) is 136 Å². The summed E-state index contributed by atoms with van der Waals surface area (Å²) in [6.45, 7) is 29.0. The van der Waals surface area contributed by atoms with Crippen LogP contribution in [0, 0.1) is 23.7 Å². The Bertz CT molecular complexity index is 3500. The van der Waals surface area contributed by atoms with Gasteiger partial charge < -0.3 is 51.9 Å². The molecule has 7 aliphatic heterocycles. The van der Waals surface area contributed by atoms with Gasteiger partial charge in [0.15, 0.2) is 0 Å². The van der Waals surface area contributed by atoms with Crippen molar-refractivity contribution in [2.24, 2.45) is 23.7 Å². The lowest BCUT2D eigenvalue weighted by Crippen LogP contribution is -2.73. The topological polar surface area (TPSA) is 164 Å². The minimum Gasteiger partial charge on any atom is -0.462 e. The van der Waals surface area contributed by atoms with Crippen molar-refractivity contribution in [2.75, 3.05) is 13.2 Å². The molecule has 538 valence electrons. The second-order valence-corrected chi connectivity index (χ2v) is 40.8. The molecule has 100 heavy (non-hydrogen) atoms. The maximum absolute atomic E-state index is 15.5. The standard InChI is InChI=1S/C84H110O14Si2/c1-13-76(87)89-52-68-54(3)44-60-39-41-70-56(5)46-62(92-70)45-55(4)69(86)49-75-78(97-99(83(7,8)9,63-31-21-15-22-32-63)64-33-23-16-24-34-64)79-80(96-75)81(98-100(84(10,11)12,65-35-25-17-26-36-65)66-37-27-18-28-38-66)77-71(95-79)42-40-61(93-77)47-59(85)48-67-57(6)72(94-73(67)50-74(68)91-60)43-53(2)51-90-82(88)58-29-19-14-20-30-58/h14-38,53,55,57,60-62,67,69-75,77-81,86H,5,13,39-52H2,1-4,6-12H3/t53-,55?,57+,60-,61+,62-,67?,69?,70?,71-,72+,73-,74?,75?,77-,78-,79-,80+,81-/m0/s1. The van der Waals surface area contributed by atoms with Crippen LogP contribution in [0.1, 0.15) is 170 Å². The summed E-state index contributed by atoms with van der Waals surface area (Å²) in [6, 6.07) is 51.9. The van der Waals surface area contributed by atoms with Gasteiger partial charge in [-0.3, -0.25) is 9.59 Å². The van der Waals surface area contributed by atoms with Crippen LogP contribution in [0.5, 0.6) is 0 Å². The molecular weight excluding hydrogens is 1290 g/mol. The van der Waals surface area contributed by atoms with Gasteiger partial charge in [-0.25, -0.2) is 4.79 Å². The highest BCUT2D eigenvalue weighted by atomic mass is 28.4. The molecule has 6 saturated heterocycles. The van der Waals surface area contributed by atoms with E-state index in [1.165, 1.54) is 0 Å². The third kappa shape index (κ3) is 15.8. The zero-order valence-corrected chi connectivity index (χ0v) is 63.0. The molecule has 0 aliphatic carbocycles. The highest BCUT2D eigenvalue weighted by Gasteiger charge is 2.65. The predicted molar refractivity (Wildman–Crippen MR) is 394 cm³/mol. The molecule has 14 nitrogen and oxygen atoms in total. The van der Waals surface area contributed by atoms with E-state index in [1.54, 1.807) is 19.1 Å². The number of fused-ring (bicyclic) bond motifs is 7. The Hall–Kier alpha value is -5.74. The molecule has 6 unspecified atom stereocenters. The molecule has 5 aromatic carbocycles. The number of carbonyl (C=O) groups is 3. The van der Waals surface area contributed by atoms with E-state index in [0.717, 1.165) is 37.5 Å². The minimum absolute atomic E-state index is 0.0529. The van der Waals surface area contributed by atoms with Gasteiger partial charge in [-0.2, -0.15) is 0 Å². The van der Waals surface area contributed by atoms with Gasteiger partial charge in [-0.1, -0.05) is 221 Å². The van der Waals surface area contributed by atoms with Gasteiger partial charge in [0.05, 0.1) is 73.2 Å². The molecule has 0 spiro atoms. The zero-order chi connectivity index (χ0) is 70.7. The molecule has 7 heterocycles. The van der Waals surface area contributed by atoms with Crippen molar-refractivity contribution in [2.45, 2.75) is 261 Å². The number of aliphatic hydroxyl groups excluding tert-OH is 1. The molecule has 0 radical (unpaired) electrons. The maximum Gasteiger partial charge on any atom is 0.338 e. The molecule has 0 aromatic heterocycles. The molecule has 16 heteroatoms. The Kier molecular flexibility index (Phi) is 23.5. The number of carbonyl (C=O) groups excluding carboxylic acids is 3. The number of Topliss-reactive ketones (excluding diaryl/α,β-unsaturated/α-hetero) is 1. The first-order chi connectivity index (χ1) is 47.9. The Morgan fingerprint density at radius 3 is 1.66 bits per heavy atom. The van der Waals surface area contributed by atoms with Crippen LogP contribution in [0.25, 0.3) is 0 Å². The maximum atomic E-state index is 15.5. The minimum atomic E-state index is -3.42. The van der Waals surface area contributed by atoms with Crippen LogP contribution < -0.4 is 20.7 Å². The van der Waals surface area contributed by atoms with E-state index < -0.39 is 93.9 Å². The van der Waals surface area contributed by atoms with Crippen molar-refractivity contribution in [3.8, 4) is 0 Å². The van der Waals surface area contributed by atoms with Crippen LogP contribution in [0.2, 0.25) is 10.1 Å². The molecule has 1 N–H and O–H groups in total. The fourth-order valence-corrected chi connectivity index (χ4v) is 27.3. The molecule has 8 bridgehead atoms. The molecule has 7 aliphatic rings. The van der Waals surface area contributed by atoms with Crippen molar-refractivity contribution >= 4 is 55.1 Å². The lowest BCUT2D eigenvalue weighted by atomic mass is 9.79. The fourth-order valence-electron chi connectivity index (χ4n) is 17.9. The van der Waals surface area contributed by atoms with E-state index in [0.29, 0.717) is 63.4 Å². The summed E-state index contributed by atoms with van der Waals surface area (Å²) in [4.78, 5) is 41.6. The molecule has 0 saturated carbocycles. The Labute approximate surface area is 596 Å². The lowest BCUT2D eigenvalue weighted by molar-refractivity contribution is -0.254. The summed E-state index contributed by atoms with van der Waals surface area (Å²) in [6.07, 6.45) is -1.08. The molecule has 5 aromatic rings. The second-order valence-electron chi connectivity index (χ2n) is 32.3. The first-order valence-corrected chi connectivity index (χ1v) is 41.2. The summed E-state index contributed by atoms with van der Waals surface area (Å²) in [7, 11) is -6.78. The van der Waals surface area contributed by atoms with E-state index >= 15 is 4.79 Å². The third-order valence-corrected chi connectivity index (χ3v) is 33.3. The summed E-state index contributed by atoms with van der Waals surface area (Å²) < 4.78 is 73.2. The van der Waals surface area contributed by atoms with Crippen LogP contribution in [-0.2, 0) is 56.3 Å². The highest BCUT2D eigenvalue weighted by Crippen LogP contribution is 2.50. The second kappa shape index (κ2) is 31.7. The van der Waals surface area contributed by atoms with Crippen LogP contribution in [0.3, 0.4) is 0 Å². The quantitative estimate of drug-likeness (QED) is 0.0564. The van der Waals surface area contributed by atoms with Crippen LogP contribution in [0.4, 0.5) is 0 Å². The monoisotopic (exact) mass is 1400 g/mol. The number of hydrogen-bond donors (Lipinski definition) is 1. The number of hydrogen-bond acceptors (Lipinski definition) is 14. The van der Waals surface area contributed by atoms with Crippen molar-refractivity contribution in [3.05, 3.63) is 181 Å². The van der Waals surface area contributed by atoms with Gasteiger partial charge in [0.1, 0.15) is 42.9 Å². The van der Waals surface area contributed by atoms with Crippen molar-refractivity contribution in [1.29, 1.82) is 0 Å². The Balaban J connectivity index is 0.940. The van der Waals surface area contributed by atoms with Gasteiger partial charge in [0.25, 0.3) is 16.6 Å². The van der Waals surface area contributed by atoms with Gasteiger partial charge in [0.2, 0.25) is 0 Å². The normalized spacial score (nSPS) is 32.0. The number of rotatable bonds is 16. The van der Waals surface area contributed by atoms with Crippen molar-refractivity contribution < 1.29 is 66.2 Å². The predicted octanol–water partition coefficient (Wildman–Crippen LogP) is 13.3. The molecule has 19 atom stereocenters. The SMILES string of the molecule is C=C1C[C@@H]2CC(C)C(O)CC3O[C@H]4[C@@H](O[Si](c5ccccc5)(c5ccccc5)C(C)(C)C)[C@H]5O[C@H](CC[C@@H]5O[C@H]4[C@H]3O[Si](c3ccccc3)(c3ccccc3)C(C)(C)C)CC(=O)CC3[C@H](CC4O[C@@H](CCC1O2)CC(C)=C4COC(=O)CC)O[C@H](C[C@H](C)COC(=O)c1ccccc1)[C@@H]3C. The summed E-state index contributed by atoms with van der Waals surface area (Å²) in [5, 5.41) is 16.6. The number of ether oxygens (including phenoxy) is 8. The van der Waals surface area contributed by atoms with Crippen molar-refractivity contribution in [1.82, 2.24) is 0 Å². The Morgan fingerprint density at radius 1 is 0.570 bits per heavy atom. The van der Waals surface area contributed by atoms with E-state index in [1.807, 2.05) is 18.2 Å². The lowest BCUT2D eigenvalue weighted by Gasteiger charge is -2.53. The first-order valence-electron chi connectivity index (χ1n) is 37.4. The van der Waals surface area contributed by atoms with Crippen LogP contribution in [0.15, 0.2) is 175 Å². The molecular formula is C84H110O14Si2. The smallest absolute Gasteiger partial charge is 0.338 e. The molecule has 0 amide bonds. The van der Waals surface area contributed by atoms with Gasteiger partial charge in [0, 0.05) is 32.1 Å². The Morgan fingerprint density at radius 2 is 1.09 bits per heavy atom. The van der Waals surface area contributed by atoms with E-state index in [9.17, 15) is 14.7 Å². The van der Waals surface area contributed by atoms with E-state index in [2.05, 4.69) is 197 Å². The average Bonchev–Trinajstić information content (AvgIpc) is 1.34. The summed E-state index contributed by atoms with van der Waals surface area (Å²) in [5.74, 6) is -1.12.